The Labute approximate surface area is 194 Å². The van der Waals surface area contributed by atoms with Gasteiger partial charge in [-0.25, -0.2) is 0 Å². The number of fused-ring (bicyclic) bond motifs is 11. The monoisotopic (exact) mass is 437 g/mol. The number of nitrogen functional groups attached to an aromatic ring is 1. The Balaban J connectivity index is 1.72. The number of rotatable bonds is 1. The molecular weight excluding hydrogens is 418 g/mol. The first-order valence-electron chi connectivity index (χ1n) is 11.4. The van der Waals surface area contributed by atoms with Crippen molar-refractivity contribution in [3.8, 4) is 5.69 Å². The molecule has 3 aromatic heterocycles. The number of furan rings is 1. The van der Waals surface area contributed by atoms with Crippen molar-refractivity contribution in [1.29, 1.82) is 0 Å². The smallest absolute Gasteiger partial charge is 0.137 e. The maximum Gasteiger partial charge on any atom is 0.137 e. The lowest BCUT2D eigenvalue weighted by molar-refractivity contribution is 0.669. The lowest BCUT2D eigenvalue weighted by Gasteiger charge is -2.08. The van der Waals surface area contributed by atoms with Crippen molar-refractivity contribution >= 4 is 65.6 Å². The van der Waals surface area contributed by atoms with Gasteiger partial charge in [0.1, 0.15) is 11.2 Å². The molecule has 160 valence electrons. The van der Waals surface area contributed by atoms with Gasteiger partial charge >= 0.3 is 0 Å². The third-order valence-corrected chi connectivity index (χ3v) is 7.11. The number of nitrogens with zero attached hydrogens (tertiary/aromatic N) is 2. The predicted molar refractivity (Wildman–Crippen MR) is 141 cm³/mol. The van der Waals surface area contributed by atoms with Gasteiger partial charge in [0.2, 0.25) is 0 Å². The molecule has 0 aliphatic rings. The molecule has 0 fully saturated rings. The lowest BCUT2D eigenvalue weighted by Crippen LogP contribution is -2.06. The van der Waals surface area contributed by atoms with E-state index in [0.717, 1.165) is 71.2 Å². The molecule has 0 aliphatic carbocycles. The topological polar surface area (TPSA) is 49.0 Å². The molecular formula is C30H19N3O. The maximum absolute atomic E-state index is 6.75. The zero-order valence-electron chi connectivity index (χ0n) is 18.2. The van der Waals surface area contributed by atoms with Crippen LogP contribution in [0.15, 0.2) is 108 Å². The molecule has 4 nitrogen and oxygen atoms in total. The molecule has 0 amide bonds. The summed E-state index contributed by atoms with van der Waals surface area (Å²) in [6.45, 7) is 0. The van der Waals surface area contributed by atoms with E-state index in [1.54, 1.807) is 0 Å². The van der Waals surface area contributed by atoms with Crippen LogP contribution in [0, 0.1) is 0 Å². The van der Waals surface area contributed by atoms with Crippen molar-refractivity contribution < 1.29 is 4.42 Å². The Bertz CT molecular complexity index is 2070. The average molecular weight is 438 g/mol. The molecule has 0 saturated heterocycles. The minimum atomic E-state index is 0.887. The minimum Gasteiger partial charge on any atom is -0.456 e. The minimum absolute atomic E-state index is 0.887. The Morgan fingerprint density at radius 3 is 2.12 bits per heavy atom. The lowest BCUT2D eigenvalue weighted by atomic mass is 10.1. The second-order valence-corrected chi connectivity index (χ2v) is 8.85. The van der Waals surface area contributed by atoms with Crippen molar-refractivity contribution in [2.75, 3.05) is 5.84 Å². The van der Waals surface area contributed by atoms with Crippen LogP contribution >= 0.6 is 0 Å². The number of hydrogen-bond donors (Lipinski definition) is 1. The molecule has 0 bridgehead atoms. The highest BCUT2D eigenvalue weighted by Crippen LogP contribution is 2.44. The summed E-state index contributed by atoms with van der Waals surface area (Å²) in [5, 5.41) is 6.89. The van der Waals surface area contributed by atoms with Gasteiger partial charge in [0.15, 0.2) is 0 Å². The van der Waals surface area contributed by atoms with Crippen LogP contribution in [-0.4, -0.2) is 9.24 Å². The van der Waals surface area contributed by atoms with Crippen molar-refractivity contribution in [2.24, 2.45) is 0 Å². The number of para-hydroxylation sites is 3. The highest BCUT2D eigenvalue weighted by atomic mass is 16.3. The third kappa shape index (κ3) is 2.08. The van der Waals surface area contributed by atoms with Crippen LogP contribution in [0.3, 0.4) is 0 Å². The fourth-order valence-corrected chi connectivity index (χ4v) is 5.73. The second-order valence-electron chi connectivity index (χ2n) is 8.85. The number of aromatic nitrogens is 2. The van der Waals surface area contributed by atoms with Gasteiger partial charge in [0.25, 0.3) is 0 Å². The van der Waals surface area contributed by atoms with E-state index in [4.69, 9.17) is 10.3 Å². The summed E-state index contributed by atoms with van der Waals surface area (Å²) >= 11 is 0. The van der Waals surface area contributed by atoms with E-state index in [1.807, 2.05) is 22.9 Å². The van der Waals surface area contributed by atoms with Crippen molar-refractivity contribution in [2.45, 2.75) is 0 Å². The first kappa shape index (κ1) is 17.8. The molecule has 8 aromatic rings. The summed E-state index contributed by atoms with van der Waals surface area (Å²) in [5.74, 6) is 6.75. The van der Waals surface area contributed by atoms with E-state index < -0.39 is 0 Å². The summed E-state index contributed by atoms with van der Waals surface area (Å²) < 4.78 is 10.5. The zero-order valence-corrected chi connectivity index (χ0v) is 18.2. The van der Waals surface area contributed by atoms with Crippen LogP contribution in [0.4, 0.5) is 0 Å². The van der Waals surface area contributed by atoms with Crippen molar-refractivity contribution in [1.82, 2.24) is 9.24 Å². The normalized spacial score (nSPS) is 12.2. The Kier molecular flexibility index (Phi) is 3.25. The molecule has 0 spiro atoms. The standard InChI is InChI=1S/C30H19N3O/c31-33-23-12-6-4-10-19(23)20-14-16-24-27(30(20)33)22-15-17-26-28(21-11-5-7-13-25(21)34-26)29(22)32(24)18-8-2-1-3-9-18/h1-17H,31H2. The van der Waals surface area contributed by atoms with Crippen LogP contribution in [0.25, 0.3) is 71.2 Å². The van der Waals surface area contributed by atoms with E-state index in [-0.39, 0.29) is 0 Å². The Morgan fingerprint density at radius 2 is 1.24 bits per heavy atom. The highest BCUT2D eigenvalue weighted by Gasteiger charge is 2.22. The molecule has 0 radical (unpaired) electrons. The number of benzene rings is 5. The van der Waals surface area contributed by atoms with Crippen molar-refractivity contribution in [3.63, 3.8) is 0 Å². The molecule has 0 atom stereocenters. The number of hydrogen-bond acceptors (Lipinski definition) is 2. The molecule has 8 rings (SSSR count). The molecule has 4 heteroatoms. The Morgan fingerprint density at radius 1 is 0.500 bits per heavy atom. The summed E-state index contributed by atoms with van der Waals surface area (Å²) in [7, 11) is 0. The molecule has 0 unspecified atom stereocenters. The van der Waals surface area contributed by atoms with Gasteiger partial charge in [-0.15, -0.1) is 0 Å². The summed E-state index contributed by atoms with van der Waals surface area (Å²) in [5.41, 5.74) is 7.24. The van der Waals surface area contributed by atoms with E-state index in [2.05, 4.69) is 89.5 Å². The quantitative estimate of drug-likeness (QED) is 0.270. The average Bonchev–Trinajstić information content (AvgIpc) is 3.52. The van der Waals surface area contributed by atoms with Crippen LogP contribution in [0.2, 0.25) is 0 Å². The second kappa shape index (κ2) is 6.21. The first-order chi connectivity index (χ1) is 16.8. The fourth-order valence-electron chi connectivity index (χ4n) is 5.73. The molecule has 0 saturated carbocycles. The molecule has 34 heavy (non-hydrogen) atoms. The van der Waals surface area contributed by atoms with Gasteiger partial charge in [-0.2, -0.15) is 0 Å². The van der Waals surface area contributed by atoms with Crippen molar-refractivity contribution in [3.05, 3.63) is 103 Å². The van der Waals surface area contributed by atoms with Crippen LogP contribution in [-0.2, 0) is 0 Å². The third-order valence-electron chi connectivity index (χ3n) is 7.11. The number of nitrogens with two attached hydrogens (primary N) is 1. The summed E-state index contributed by atoms with van der Waals surface area (Å²) in [6, 6.07) is 35.8. The summed E-state index contributed by atoms with van der Waals surface area (Å²) in [6.07, 6.45) is 0. The first-order valence-corrected chi connectivity index (χ1v) is 11.4. The zero-order chi connectivity index (χ0) is 22.4. The maximum atomic E-state index is 6.75. The largest absolute Gasteiger partial charge is 0.456 e. The molecule has 5 aromatic carbocycles. The predicted octanol–water partition coefficient (Wildman–Crippen LogP) is 7.50. The highest BCUT2D eigenvalue weighted by molar-refractivity contribution is 6.30. The van der Waals surface area contributed by atoms with Crippen LogP contribution in [0.1, 0.15) is 0 Å². The Hall–Kier alpha value is -4.70. The van der Waals surface area contributed by atoms with E-state index in [1.165, 1.54) is 0 Å². The van der Waals surface area contributed by atoms with Crippen LogP contribution < -0.4 is 5.84 Å². The fraction of sp³-hybridized carbons (Fsp3) is 0. The van der Waals surface area contributed by atoms with E-state index in [9.17, 15) is 0 Å². The van der Waals surface area contributed by atoms with Gasteiger partial charge in [0.05, 0.1) is 27.5 Å². The van der Waals surface area contributed by atoms with Gasteiger partial charge in [-0.05, 0) is 48.5 Å². The van der Waals surface area contributed by atoms with Gasteiger partial charge < -0.3 is 14.8 Å². The van der Waals surface area contributed by atoms with E-state index >= 15 is 0 Å². The van der Waals surface area contributed by atoms with E-state index in [0.29, 0.717) is 0 Å². The SMILES string of the molecule is Nn1c2ccccc2c2ccc3c(c4ccc5oc6ccccc6c5c4n3-c3ccccc3)c21. The van der Waals surface area contributed by atoms with Gasteiger partial charge in [-0.3, -0.25) is 4.68 Å². The molecule has 0 aliphatic heterocycles. The van der Waals surface area contributed by atoms with Crippen LogP contribution in [0.5, 0.6) is 0 Å². The molecule has 3 heterocycles. The van der Waals surface area contributed by atoms with Gasteiger partial charge in [-0.1, -0.05) is 54.6 Å². The van der Waals surface area contributed by atoms with Gasteiger partial charge in [0, 0.05) is 32.6 Å². The molecule has 2 N–H and O–H groups in total. The summed E-state index contributed by atoms with van der Waals surface area (Å²) in [4.78, 5) is 0.